The van der Waals surface area contributed by atoms with E-state index < -0.39 is 83.5 Å². The van der Waals surface area contributed by atoms with Crippen LogP contribution in [0.15, 0.2) is 76.3 Å². The van der Waals surface area contributed by atoms with Gasteiger partial charge >= 0.3 is 17.7 Å². The van der Waals surface area contributed by atoms with Crippen molar-refractivity contribution in [2.45, 2.75) is 81.7 Å². The molecule has 7 atom stereocenters. The number of carboxylic acid groups (broad SMARTS) is 1. The summed E-state index contributed by atoms with van der Waals surface area (Å²) < 4.78 is 6.70. The number of hydrogen-bond acceptors (Lipinski definition) is 13. The molecule has 10 N–H and O–H groups in total. The number of carbonyl (C=O) groups is 5. The van der Waals surface area contributed by atoms with Crippen LogP contribution in [-0.2, 0) is 43.3 Å². The number of benzene rings is 2. The zero-order valence-electron chi connectivity index (χ0n) is 32.9. The molecule has 1 fully saturated rings. The molecule has 0 radical (unpaired) electrons. The highest BCUT2D eigenvalue weighted by molar-refractivity contribution is 7.98. The Labute approximate surface area is 347 Å². The Morgan fingerprint density at radius 2 is 1.67 bits per heavy atom. The Morgan fingerprint density at radius 3 is 2.35 bits per heavy atom. The number of aliphatic hydroxyl groups excluding tert-OH is 1. The van der Waals surface area contributed by atoms with Gasteiger partial charge in [0.2, 0.25) is 23.9 Å². The van der Waals surface area contributed by atoms with E-state index in [2.05, 4.69) is 31.6 Å². The molecule has 0 spiro atoms. The number of carbonyl (C=O) groups excluding carboxylic acids is 4. The second kappa shape index (κ2) is 20.1. The van der Waals surface area contributed by atoms with E-state index in [0.717, 1.165) is 34.2 Å². The summed E-state index contributed by atoms with van der Waals surface area (Å²) in [5.41, 5.74) is 0.695. The molecular formula is C39H48N8O12S. The maximum atomic E-state index is 14.0. The minimum absolute atomic E-state index is 0.0231. The summed E-state index contributed by atoms with van der Waals surface area (Å²) in [6.45, 7) is 1.87. The smallest absolute Gasteiger partial charge is 0.331 e. The number of carboxylic acids is 1. The predicted octanol–water partition coefficient (Wildman–Crippen LogP) is -0.652. The van der Waals surface area contributed by atoms with E-state index in [0.29, 0.717) is 17.9 Å². The van der Waals surface area contributed by atoms with Crippen molar-refractivity contribution in [3.63, 3.8) is 0 Å². The van der Waals surface area contributed by atoms with Gasteiger partial charge in [-0.2, -0.15) is 11.8 Å². The van der Waals surface area contributed by atoms with Crippen molar-refractivity contribution in [3.8, 4) is 11.5 Å². The second-order valence-corrected chi connectivity index (χ2v) is 15.4. The van der Waals surface area contributed by atoms with Gasteiger partial charge in [0.25, 0.3) is 5.56 Å². The minimum atomic E-state index is -1.48. The first-order chi connectivity index (χ1) is 28.5. The lowest BCUT2D eigenvalue weighted by Gasteiger charge is -2.36. The number of ether oxygens (including phenoxy) is 1. The van der Waals surface area contributed by atoms with Crippen LogP contribution in [0.5, 0.6) is 11.5 Å². The van der Waals surface area contributed by atoms with Crippen LogP contribution in [0.2, 0.25) is 0 Å². The highest BCUT2D eigenvalue weighted by Gasteiger charge is 2.38. The van der Waals surface area contributed by atoms with Crippen LogP contribution in [0.4, 0.5) is 4.79 Å². The van der Waals surface area contributed by atoms with Crippen LogP contribution in [0.3, 0.4) is 0 Å². The van der Waals surface area contributed by atoms with Gasteiger partial charge in [-0.3, -0.25) is 28.7 Å². The number of urea groups is 1. The summed E-state index contributed by atoms with van der Waals surface area (Å²) in [6, 6.07) is 4.78. The first kappa shape index (κ1) is 44.8. The molecule has 20 nitrogen and oxygen atoms in total. The van der Waals surface area contributed by atoms with Gasteiger partial charge in [0, 0.05) is 44.9 Å². The summed E-state index contributed by atoms with van der Waals surface area (Å²) in [5.74, 6) is -2.99. The van der Waals surface area contributed by atoms with Crippen LogP contribution in [0.25, 0.3) is 0 Å². The molecule has 60 heavy (non-hydrogen) atoms. The lowest BCUT2D eigenvalue weighted by molar-refractivity contribution is -0.139. The fourth-order valence-corrected chi connectivity index (χ4v) is 7.20. The van der Waals surface area contributed by atoms with Crippen molar-refractivity contribution in [2.24, 2.45) is 0 Å². The van der Waals surface area contributed by atoms with Crippen molar-refractivity contribution in [2.75, 3.05) is 19.1 Å². The monoisotopic (exact) mass is 852 g/mol. The lowest BCUT2D eigenvalue weighted by Crippen LogP contribution is -2.62. The minimum Gasteiger partial charge on any atom is -0.508 e. The molecule has 2 aliphatic rings. The molecule has 2 aromatic carbocycles. The van der Waals surface area contributed by atoms with Crippen molar-refractivity contribution in [1.29, 1.82) is 0 Å². The number of phenolic OH excluding ortho intramolecular Hbond substituents is 2. The summed E-state index contributed by atoms with van der Waals surface area (Å²) in [4.78, 5) is 94.5. The maximum absolute atomic E-state index is 14.0. The maximum Gasteiger partial charge on any atom is 0.331 e. The zero-order chi connectivity index (χ0) is 43.7. The molecule has 5 amide bonds. The first-order valence-corrected chi connectivity index (χ1v) is 20.3. The van der Waals surface area contributed by atoms with Gasteiger partial charge in [-0.05, 0) is 72.7 Å². The number of nitrogens with zero attached hydrogens (tertiary/aromatic N) is 2. The second-order valence-electron chi connectivity index (χ2n) is 14.4. The number of H-pyrrole nitrogens is 1. The van der Waals surface area contributed by atoms with Crippen LogP contribution >= 0.6 is 11.8 Å². The van der Waals surface area contributed by atoms with Gasteiger partial charge in [0.1, 0.15) is 41.5 Å². The average Bonchev–Trinajstić information content (AvgIpc) is 3.59. The van der Waals surface area contributed by atoms with Crippen molar-refractivity contribution < 1.29 is 49.1 Å². The molecule has 0 aliphatic carbocycles. The van der Waals surface area contributed by atoms with E-state index in [-0.39, 0.29) is 42.9 Å². The molecule has 2 aliphatic heterocycles. The van der Waals surface area contributed by atoms with Gasteiger partial charge in [-0.15, -0.1) is 0 Å². The predicted molar refractivity (Wildman–Crippen MR) is 217 cm³/mol. The molecule has 1 aromatic heterocycles. The highest BCUT2D eigenvalue weighted by Crippen LogP contribution is 2.30. The Hall–Kier alpha value is -6.32. The van der Waals surface area contributed by atoms with Gasteiger partial charge in [-0.1, -0.05) is 18.2 Å². The van der Waals surface area contributed by atoms with Crippen LogP contribution in [0, 0.1) is 0 Å². The number of aromatic hydroxyl groups is 2. The lowest BCUT2D eigenvalue weighted by atomic mass is 9.94. The molecule has 322 valence electrons. The van der Waals surface area contributed by atoms with E-state index in [9.17, 15) is 54.0 Å². The van der Waals surface area contributed by atoms with Crippen molar-refractivity contribution >= 4 is 41.5 Å². The quantitative estimate of drug-likeness (QED) is 0.0857. The Kier molecular flexibility index (Phi) is 15.0. The fraction of sp³-hybridized carbons (Fsp3) is 0.410. The summed E-state index contributed by atoms with van der Waals surface area (Å²) in [6.07, 6.45) is 1.60. The van der Waals surface area contributed by atoms with Crippen LogP contribution in [-0.4, -0.2) is 120 Å². The number of amides is 5. The van der Waals surface area contributed by atoms with Gasteiger partial charge in [-0.25, -0.2) is 14.4 Å². The third-order valence-corrected chi connectivity index (χ3v) is 10.8. The first-order valence-electron chi connectivity index (χ1n) is 18.9. The number of aliphatic hydroxyl groups is 1. The van der Waals surface area contributed by atoms with E-state index in [4.69, 9.17) is 4.74 Å². The molecule has 1 saturated heterocycles. The van der Waals surface area contributed by atoms with Crippen LogP contribution < -0.4 is 37.8 Å². The number of rotatable bonds is 16. The third-order valence-electron chi connectivity index (χ3n) is 10.2. The average molecular weight is 853 g/mol. The fourth-order valence-electron chi connectivity index (χ4n) is 6.73. The normalized spacial score (nSPS) is 19.7. The van der Waals surface area contributed by atoms with E-state index in [1.807, 2.05) is 0 Å². The molecule has 3 heterocycles. The van der Waals surface area contributed by atoms with Gasteiger partial charge in [0.15, 0.2) is 0 Å². The molecule has 3 aromatic rings. The van der Waals surface area contributed by atoms with E-state index >= 15 is 0 Å². The molecule has 7 unspecified atom stereocenters. The summed E-state index contributed by atoms with van der Waals surface area (Å²) in [5, 5.41) is 53.4. The van der Waals surface area contributed by atoms with Gasteiger partial charge < -0.3 is 56.6 Å². The topological polar surface area (TPSA) is 294 Å². The molecule has 0 bridgehead atoms. The Balaban J connectivity index is 1.35. The number of aliphatic carboxylic acids is 1. The summed E-state index contributed by atoms with van der Waals surface area (Å²) >= 11 is 1.37. The standard InChI is InChI=1S/C39H48N8O12S/c1-20(46(2)35(54)28-16-23-15-25(49)9-6-22(23)18-40-28)32(34(53)41-19-26-17-30(50)36(59-26)47-12-10-31(51)44-39(47)58)45-33(52)27(11-13-60-3)42-38(57)43-29(37(55)56)14-21-4-7-24(48)8-5-21/h4-10,12,15,19-20,27-30,32,36,40,48-50H,11,13-14,16-18H2,1-3H3,(H,41,53)(H,45,52)(H,55,56)(H2,42,43,57)(H,44,51,58)/b26-19-. The van der Waals surface area contributed by atoms with Crippen LogP contribution in [0.1, 0.15) is 42.7 Å². The summed E-state index contributed by atoms with van der Waals surface area (Å²) in [7, 11) is 1.46. The largest absolute Gasteiger partial charge is 0.508 e. The van der Waals surface area contributed by atoms with E-state index in [1.165, 1.54) is 54.9 Å². The highest BCUT2D eigenvalue weighted by atomic mass is 32.2. The number of likely N-dealkylation sites (N-methyl/N-ethyl adjacent to an activating group) is 1. The molecular weight excluding hydrogens is 805 g/mol. The number of nitrogens with one attached hydrogen (secondary N) is 6. The Morgan fingerprint density at radius 1 is 0.967 bits per heavy atom. The third kappa shape index (κ3) is 11.4. The number of aromatic amines is 1. The van der Waals surface area contributed by atoms with E-state index in [1.54, 1.807) is 24.5 Å². The molecule has 5 rings (SSSR count). The number of fused-ring (bicyclic) bond motifs is 1. The number of hydrogen-bond donors (Lipinski definition) is 10. The molecule has 21 heteroatoms. The molecule has 0 saturated carbocycles. The SMILES string of the molecule is CSCCC(NC(=O)NC(Cc1ccc(O)cc1)C(=O)O)C(=O)NC(C(=O)N/C=C1/CC(O)C(n2ccc(=O)[nH]c2=O)O1)C(C)N(C)C(=O)C1Cc2cc(O)ccc2CN1. The number of aromatic nitrogens is 2. The van der Waals surface area contributed by atoms with Crippen molar-refractivity contribution in [3.05, 3.63) is 104 Å². The number of phenols is 2. The number of thioether (sulfide) groups is 1. The van der Waals surface area contributed by atoms with Crippen molar-refractivity contribution in [1.82, 2.24) is 41.0 Å². The Bertz CT molecular complexity index is 2210. The zero-order valence-corrected chi connectivity index (χ0v) is 33.7. The van der Waals surface area contributed by atoms with Gasteiger partial charge in [0.05, 0.1) is 12.1 Å².